The molecule has 0 aliphatic carbocycles. The fourth-order valence-electron chi connectivity index (χ4n) is 1.87. The molecule has 8 heteroatoms. The number of amides is 2. The maximum atomic E-state index is 12.1. The standard InChI is InChI=1S/C15H12F3N3O2/c16-15(17,18)23-12-7-5-10(6-8-12)13-4-2-1-3-11(13)9-20-21-14(19)22/h1-9H,(H3,19,21,22). The summed E-state index contributed by atoms with van der Waals surface area (Å²) in [7, 11) is 0. The zero-order valence-electron chi connectivity index (χ0n) is 11.7. The van der Waals surface area contributed by atoms with Crippen LogP contribution in [0.25, 0.3) is 11.1 Å². The molecule has 2 aromatic rings. The number of primary amides is 1. The fourth-order valence-corrected chi connectivity index (χ4v) is 1.87. The predicted octanol–water partition coefficient (Wildman–Crippen LogP) is 3.25. The average molecular weight is 323 g/mol. The molecule has 0 heterocycles. The number of nitrogens with one attached hydrogen (secondary N) is 1. The highest BCUT2D eigenvalue weighted by Crippen LogP contribution is 2.27. The minimum absolute atomic E-state index is 0.303. The number of carbonyl (C=O) groups excluding carboxylic acids is 1. The lowest BCUT2D eigenvalue weighted by Gasteiger charge is -2.10. The van der Waals surface area contributed by atoms with Crippen molar-refractivity contribution in [2.45, 2.75) is 6.36 Å². The lowest BCUT2D eigenvalue weighted by atomic mass is 10.0. The first kappa shape index (κ1) is 16.3. The van der Waals surface area contributed by atoms with E-state index in [9.17, 15) is 18.0 Å². The van der Waals surface area contributed by atoms with Crippen LogP contribution in [0.1, 0.15) is 5.56 Å². The maximum Gasteiger partial charge on any atom is 0.573 e. The molecule has 0 unspecified atom stereocenters. The molecule has 23 heavy (non-hydrogen) atoms. The van der Waals surface area contributed by atoms with Crippen molar-refractivity contribution >= 4 is 12.2 Å². The second-order valence-electron chi connectivity index (χ2n) is 4.39. The Kier molecular flexibility index (Phi) is 4.85. The van der Waals surface area contributed by atoms with E-state index in [2.05, 4.69) is 15.3 Å². The Morgan fingerprint density at radius 3 is 2.39 bits per heavy atom. The van der Waals surface area contributed by atoms with Crippen LogP contribution in [-0.2, 0) is 0 Å². The van der Waals surface area contributed by atoms with Gasteiger partial charge in [-0.3, -0.25) is 0 Å². The number of ether oxygens (including phenoxy) is 1. The van der Waals surface area contributed by atoms with Gasteiger partial charge in [0, 0.05) is 5.56 Å². The summed E-state index contributed by atoms with van der Waals surface area (Å²) in [4.78, 5) is 10.6. The first-order valence-electron chi connectivity index (χ1n) is 6.39. The number of nitrogens with zero attached hydrogens (tertiary/aromatic N) is 1. The number of hydrogen-bond acceptors (Lipinski definition) is 3. The van der Waals surface area contributed by atoms with Gasteiger partial charge in [-0.2, -0.15) is 5.10 Å². The van der Waals surface area contributed by atoms with E-state index in [1.807, 2.05) is 0 Å². The Morgan fingerprint density at radius 1 is 1.13 bits per heavy atom. The second kappa shape index (κ2) is 6.82. The molecule has 0 saturated heterocycles. The van der Waals surface area contributed by atoms with E-state index < -0.39 is 12.4 Å². The highest BCUT2D eigenvalue weighted by Gasteiger charge is 2.30. The molecule has 0 aliphatic rings. The number of rotatable bonds is 4. The molecular weight excluding hydrogens is 311 g/mol. The normalized spacial score (nSPS) is 11.4. The van der Waals surface area contributed by atoms with Crippen LogP contribution in [0.3, 0.4) is 0 Å². The Balaban J connectivity index is 2.25. The number of hydrazone groups is 1. The minimum atomic E-state index is -4.73. The number of alkyl halides is 3. The van der Waals surface area contributed by atoms with Crippen molar-refractivity contribution in [3.05, 3.63) is 54.1 Å². The Bertz CT molecular complexity index is 713. The first-order valence-corrected chi connectivity index (χ1v) is 6.39. The van der Waals surface area contributed by atoms with Gasteiger partial charge in [0.15, 0.2) is 0 Å². The molecule has 3 N–H and O–H groups in total. The van der Waals surface area contributed by atoms with Crippen LogP contribution in [0.2, 0.25) is 0 Å². The third-order valence-electron chi connectivity index (χ3n) is 2.74. The van der Waals surface area contributed by atoms with E-state index >= 15 is 0 Å². The molecule has 0 aliphatic heterocycles. The molecule has 0 aromatic heterocycles. The second-order valence-corrected chi connectivity index (χ2v) is 4.39. The van der Waals surface area contributed by atoms with E-state index in [4.69, 9.17) is 5.73 Å². The summed E-state index contributed by atoms with van der Waals surface area (Å²) < 4.78 is 40.3. The monoisotopic (exact) mass is 323 g/mol. The summed E-state index contributed by atoms with van der Waals surface area (Å²) in [5.41, 5.74) is 9.02. The Morgan fingerprint density at radius 2 is 1.78 bits per heavy atom. The largest absolute Gasteiger partial charge is 0.573 e. The van der Waals surface area contributed by atoms with E-state index in [0.29, 0.717) is 11.1 Å². The van der Waals surface area contributed by atoms with E-state index in [-0.39, 0.29) is 5.75 Å². The van der Waals surface area contributed by atoms with Gasteiger partial charge in [0.05, 0.1) is 6.21 Å². The average Bonchev–Trinajstić information content (AvgIpc) is 2.47. The molecule has 2 aromatic carbocycles. The van der Waals surface area contributed by atoms with Crippen molar-refractivity contribution in [3.63, 3.8) is 0 Å². The number of benzene rings is 2. The van der Waals surface area contributed by atoms with Gasteiger partial charge in [-0.05, 0) is 23.3 Å². The van der Waals surface area contributed by atoms with Crippen molar-refractivity contribution in [2.75, 3.05) is 0 Å². The smallest absolute Gasteiger partial charge is 0.406 e. The molecule has 0 atom stereocenters. The van der Waals surface area contributed by atoms with Gasteiger partial charge in [0.25, 0.3) is 0 Å². The number of halogens is 3. The van der Waals surface area contributed by atoms with Crippen molar-refractivity contribution in [3.8, 4) is 16.9 Å². The van der Waals surface area contributed by atoms with Crippen LogP contribution in [0.4, 0.5) is 18.0 Å². The van der Waals surface area contributed by atoms with Crippen molar-refractivity contribution < 1.29 is 22.7 Å². The SMILES string of the molecule is NC(=O)NN=Cc1ccccc1-c1ccc(OC(F)(F)F)cc1. The van der Waals surface area contributed by atoms with Gasteiger partial charge in [-0.15, -0.1) is 13.2 Å². The van der Waals surface area contributed by atoms with E-state index in [1.54, 1.807) is 24.3 Å². The van der Waals surface area contributed by atoms with Gasteiger partial charge >= 0.3 is 12.4 Å². The summed E-state index contributed by atoms with van der Waals surface area (Å²) >= 11 is 0. The van der Waals surface area contributed by atoms with Gasteiger partial charge < -0.3 is 10.5 Å². The molecule has 2 rings (SSSR count). The maximum absolute atomic E-state index is 12.1. The van der Waals surface area contributed by atoms with Gasteiger partial charge in [-0.1, -0.05) is 36.4 Å². The lowest BCUT2D eigenvalue weighted by molar-refractivity contribution is -0.274. The molecule has 120 valence electrons. The molecule has 0 spiro atoms. The number of carbonyl (C=O) groups is 1. The van der Waals surface area contributed by atoms with Crippen LogP contribution in [0, 0.1) is 0 Å². The number of hydrogen-bond donors (Lipinski definition) is 2. The number of urea groups is 1. The van der Waals surface area contributed by atoms with Crippen molar-refractivity contribution in [1.82, 2.24) is 5.43 Å². The summed E-state index contributed by atoms with van der Waals surface area (Å²) in [5, 5.41) is 3.67. The first-order chi connectivity index (χ1) is 10.8. The topological polar surface area (TPSA) is 76.7 Å². The lowest BCUT2D eigenvalue weighted by Crippen LogP contribution is -2.24. The molecule has 0 radical (unpaired) electrons. The Hall–Kier alpha value is -3.03. The molecule has 2 amide bonds. The molecule has 0 saturated carbocycles. The van der Waals surface area contributed by atoms with Gasteiger partial charge in [0.1, 0.15) is 5.75 Å². The van der Waals surface area contributed by atoms with Gasteiger partial charge in [-0.25, -0.2) is 10.2 Å². The van der Waals surface area contributed by atoms with E-state index in [1.165, 1.54) is 30.5 Å². The third kappa shape index (κ3) is 5.03. The van der Waals surface area contributed by atoms with Crippen LogP contribution >= 0.6 is 0 Å². The summed E-state index contributed by atoms with van der Waals surface area (Å²) in [5.74, 6) is -0.303. The predicted molar refractivity (Wildman–Crippen MR) is 78.9 cm³/mol. The number of nitrogens with two attached hydrogens (primary N) is 1. The summed E-state index contributed by atoms with van der Waals surface area (Å²) in [6, 6.07) is 11.7. The van der Waals surface area contributed by atoms with Crippen molar-refractivity contribution in [2.24, 2.45) is 10.8 Å². The van der Waals surface area contributed by atoms with Crippen molar-refractivity contribution in [1.29, 1.82) is 0 Å². The van der Waals surface area contributed by atoms with E-state index in [0.717, 1.165) is 5.56 Å². The third-order valence-corrected chi connectivity index (χ3v) is 2.74. The Labute approximate surface area is 129 Å². The van der Waals surface area contributed by atoms with Crippen LogP contribution < -0.4 is 15.9 Å². The highest BCUT2D eigenvalue weighted by molar-refractivity contribution is 5.90. The fraction of sp³-hybridized carbons (Fsp3) is 0.0667. The van der Waals surface area contributed by atoms with Crippen LogP contribution in [0.15, 0.2) is 53.6 Å². The zero-order chi connectivity index (χ0) is 16.9. The summed E-state index contributed by atoms with van der Waals surface area (Å²) in [6.45, 7) is 0. The molecule has 5 nitrogen and oxygen atoms in total. The van der Waals surface area contributed by atoms with Gasteiger partial charge in [0.2, 0.25) is 0 Å². The van der Waals surface area contributed by atoms with Crippen LogP contribution in [-0.4, -0.2) is 18.6 Å². The summed E-state index contributed by atoms with van der Waals surface area (Å²) in [6.07, 6.45) is -3.34. The molecular formula is C15H12F3N3O2. The quantitative estimate of drug-likeness (QED) is 0.669. The van der Waals surface area contributed by atoms with Crippen LogP contribution in [0.5, 0.6) is 5.75 Å². The molecule has 0 fully saturated rings. The minimum Gasteiger partial charge on any atom is -0.406 e. The zero-order valence-corrected chi connectivity index (χ0v) is 11.7. The highest BCUT2D eigenvalue weighted by atomic mass is 19.4. The molecule has 0 bridgehead atoms.